The summed E-state index contributed by atoms with van der Waals surface area (Å²) in [7, 11) is -3.58. The number of thiophene rings is 1. The van der Waals surface area contributed by atoms with Crippen molar-refractivity contribution in [3.05, 3.63) is 46.7 Å². The Morgan fingerprint density at radius 3 is 2.50 bits per heavy atom. The van der Waals surface area contributed by atoms with Crippen LogP contribution in [0.5, 0.6) is 5.75 Å². The summed E-state index contributed by atoms with van der Waals surface area (Å²) in [6.45, 7) is 2.02. The smallest absolute Gasteiger partial charge is 0.241 e. The highest BCUT2D eigenvalue weighted by atomic mass is 32.2. The number of nitrogens with one attached hydrogen (secondary N) is 1. The van der Waals surface area contributed by atoms with Gasteiger partial charge in [0.15, 0.2) is 0 Å². The van der Waals surface area contributed by atoms with Gasteiger partial charge in [-0.2, -0.15) is 0 Å². The molecule has 1 unspecified atom stereocenters. The molecule has 0 bridgehead atoms. The van der Waals surface area contributed by atoms with E-state index >= 15 is 0 Å². The predicted molar refractivity (Wildman–Crippen MR) is 80.4 cm³/mol. The lowest BCUT2D eigenvalue weighted by atomic mass is 10.1. The Kier molecular flexibility index (Phi) is 4.80. The quantitative estimate of drug-likeness (QED) is 0.860. The Balaban J connectivity index is 2.23. The van der Waals surface area contributed by atoms with Crippen molar-refractivity contribution in [1.82, 2.24) is 4.72 Å². The number of phenolic OH excluding ortho intramolecular Hbond substituents is 1. The second-order valence-electron chi connectivity index (χ2n) is 4.47. The molecule has 1 heterocycles. The van der Waals surface area contributed by atoms with Crippen LogP contribution in [0, 0.1) is 0 Å². The molecule has 0 saturated carbocycles. The summed E-state index contributed by atoms with van der Waals surface area (Å²) in [6.07, 6.45) is 1.64. The maximum Gasteiger partial charge on any atom is 0.241 e. The Morgan fingerprint density at radius 1 is 1.25 bits per heavy atom. The van der Waals surface area contributed by atoms with Crippen LogP contribution in [0.3, 0.4) is 0 Å². The van der Waals surface area contributed by atoms with E-state index in [2.05, 4.69) is 4.72 Å². The molecule has 2 rings (SSSR count). The Labute approximate surface area is 123 Å². The minimum absolute atomic E-state index is 0.0484. The van der Waals surface area contributed by atoms with Gasteiger partial charge in [0, 0.05) is 4.88 Å². The van der Waals surface area contributed by atoms with Crippen LogP contribution in [0.4, 0.5) is 0 Å². The van der Waals surface area contributed by atoms with Crippen LogP contribution < -0.4 is 4.72 Å². The van der Waals surface area contributed by atoms with Gasteiger partial charge in [0.25, 0.3) is 0 Å². The molecule has 0 aliphatic rings. The SMILES string of the molecule is CCCC(NS(=O)(=O)c1ccc(O)cc1)c1cccs1. The second kappa shape index (κ2) is 6.39. The number of hydrogen-bond donors (Lipinski definition) is 2. The highest BCUT2D eigenvalue weighted by Crippen LogP contribution is 2.25. The van der Waals surface area contributed by atoms with Crippen molar-refractivity contribution in [2.75, 3.05) is 0 Å². The average molecular weight is 311 g/mol. The zero-order chi connectivity index (χ0) is 14.6. The van der Waals surface area contributed by atoms with Crippen LogP contribution >= 0.6 is 11.3 Å². The molecule has 108 valence electrons. The lowest BCUT2D eigenvalue weighted by Gasteiger charge is -2.17. The van der Waals surface area contributed by atoms with Gasteiger partial charge in [0.2, 0.25) is 10.0 Å². The number of phenols is 1. The van der Waals surface area contributed by atoms with Gasteiger partial charge >= 0.3 is 0 Å². The maximum absolute atomic E-state index is 12.3. The van der Waals surface area contributed by atoms with Crippen LogP contribution in [0.25, 0.3) is 0 Å². The fourth-order valence-corrected chi connectivity index (χ4v) is 4.05. The standard InChI is InChI=1S/C14H17NO3S2/c1-2-4-13(14-5-3-10-19-14)15-20(17,18)12-8-6-11(16)7-9-12/h3,5-10,13,15-16H,2,4H2,1H3. The van der Waals surface area contributed by atoms with Crippen LogP contribution in [-0.4, -0.2) is 13.5 Å². The summed E-state index contributed by atoms with van der Waals surface area (Å²) in [4.78, 5) is 1.17. The van der Waals surface area contributed by atoms with Gasteiger partial charge < -0.3 is 5.11 Å². The van der Waals surface area contributed by atoms with E-state index in [1.165, 1.54) is 24.3 Å². The van der Waals surface area contributed by atoms with E-state index in [9.17, 15) is 13.5 Å². The van der Waals surface area contributed by atoms with Gasteiger partial charge in [0.05, 0.1) is 10.9 Å². The van der Waals surface area contributed by atoms with E-state index in [0.717, 1.165) is 17.7 Å². The highest BCUT2D eigenvalue weighted by molar-refractivity contribution is 7.89. The third-order valence-electron chi connectivity index (χ3n) is 2.91. The number of aromatic hydroxyl groups is 1. The second-order valence-corrected chi connectivity index (χ2v) is 7.17. The van der Waals surface area contributed by atoms with Gasteiger partial charge in [-0.1, -0.05) is 19.4 Å². The minimum atomic E-state index is -3.58. The fourth-order valence-electron chi connectivity index (χ4n) is 1.92. The zero-order valence-electron chi connectivity index (χ0n) is 11.1. The Hall–Kier alpha value is -1.37. The first-order valence-electron chi connectivity index (χ1n) is 6.37. The van der Waals surface area contributed by atoms with Gasteiger partial charge in [-0.25, -0.2) is 13.1 Å². The molecule has 0 radical (unpaired) electrons. The summed E-state index contributed by atoms with van der Waals surface area (Å²) in [5.74, 6) is 0.0484. The van der Waals surface area contributed by atoms with E-state index in [0.29, 0.717) is 0 Å². The molecule has 4 nitrogen and oxygen atoms in total. The average Bonchev–Trinajstić information content (AvgIpc) is 2.92. The normalized spacial score (nSPS) is 13.2. The highest BCUT2D eigenvalue weighted by Gasteiger charge is 2.21. The molecular weight excluding hydrogens is 294 g/mol. The molecular formula is C14H17NO3S2. The van der Waals surface area contributed by atoms with Crippen LogP contribution in [-0.2, 0) is 10.0 Å². The summed E-state index contributed by atoms with van der Waals surface area (Å²) in [6, 6.07) is 9.17. The Morgan fingerprint density at radius 2 is 1.95 bits per heavy atom. The first-order valence-corrected chi connectivity index (χ1v) is 8.74. The van der Waals surface area contributed by atoms with E-state index in [1.807, 2.05) is 24.4 Å². The van der Waals surface area contributed by atoms with Crippen molar-refractivity contribution >= 4 is 21.4 Å². The fraction of sp³-hybridized carbons (Fsp3) is 0.286. The molecule has 2 N–H and O–H groups in total. The van der Waals surface area contributed by atoms with E-state index in [1.54, 1.807) is 11.3 Å². The number of rotatable bonds is 6. The van der Waals surface area contributed by atoms with Gasteiger partial charge in [-0.05, 0) is 42.1 Å². The van der Waals surface area contributed by atoms with Crippen LogP contribution in [0.15, 0.2) is 46.7 Å². The third kappa shape index (κ3) is 3.59. The molecule has 0 saturated heterocycles. The van der Waals surface area contributed by atoms with Crippen LogP contribution in [0.1, 0.15) is 30.7 Å². The molecule has 2 aromatic rings. The van der Waals surface area contributed by atoms with Crippen molar-refractivity contribution in [1.29, 1.82) is 0 Å². The van der Waals surface area contributed by atoms with Crippen molar-refractivity contribution < 1.29 is 13.5 Å². The third-order valence-corrected chi connectivity index (χ3v) is 5.38. The van der Waals surface area contributed by atoms with E-state index in [-0.39, 0.29) is 16.7 Å². The lowest BCUT2D eigenvalue weighted by molar-refractivity contribution is 0.474. The molecule has 6 heteroatoms. The van der Waals surface area contributed by atoms with E-state index in [4.69, 9.17) is 0 Å². The van der Waals surface area contributed by atoms with Crippen LogP contribution in [0.2, 0.25) is 0 Å². The summed E-state index contributed by atoms with van der Waals surface area (Å²) in [5.41, 5.74) is 0. The van der Waals surface area contributed by atoms with Crippen molar-refractivity contribution in [2.24, 2.45) is 0 Å². The van der Waals surface area contributed by atoms with Gasteiger partial charge in [-0.3, -0.25) is 0 Å². The molecule has 0 aliphatic heterocycles. The molecule has 0 spiro atoms. The number of sulfonamides is 1. The first-order chi connectivity index (χ1) is 9.53. The molecule has 0 fully saturated rings. The topological polar surface area (TPSA) is 66.4 Å². The molecule has 1 aromatic carbocycles. The molecule has 20 heavy (non-hydrogen) atoms. The monoisotopic (exact) mass is 311 g/mol. The molecule has 0 amide bonds. The summed E-state index contributed by atoms with van der Waals surface area (Å²) < 4.78 is 27.4. The molecule has 0 aliphatic carbocycles. The number of hydrogen-bond acceptors (Lipinski definition) is 4. The molecule has 1 aromatic heterocycles. The van der Waals surface area contributed by atoms with Gasteiger partial charge in [-0.15, -0.1) is 11.3 Å². The van der Waals surface area contributed by atoms with E-state index < -0.39 is 10.0 Å². The largest absolute Gasteiger partial charge is 0.508 e. The van der Waals surface area contributed by atoms with Crippen molar-refractivity contribution in [3.63, 3.8) is 0 Å². The molecule has 1 atom stereocenters. The predicted octanol–water partition coefficient (Wildman–Crippen LogP) is 3.27. The Bertz CT molecular complexity index is 634. The maximum atomic E-state index is 12.3. The van der Waals surface area contributed by atoms with Gasteiger partial charge in [0.1, 0.15) is 5.75 Å². The van der Waals surface area contributed by atoms with Crippen molar-refractivity contribution in [2.45, 2.75) is 30.7 Å². The zero-order valence-corrected chi connectivity index (χ0v) is 12.7. The first kappa shape index (κ1) is 15.0. The number of benzene rings is 1. The van der Waals surface area contributed by atoms with Crippen molar-refractivity contribution in [3.8, 4) is 5.75 Å². The summed E-state index contributed by atoms with van der Waals surface area (Å²) >= 11 is 1.54. The minimum Gasteiger partial charge on any atom is -0.508 e. The summed E-state index contributed by atoms with van der Waals surface area (Å²) in [5, 5.41) is 11.2. The lowest BCUT2D eigenvalue weighted by Crippen LogP contribution is -2.28.